The summed E-state index contributed by atoms with van der Waals surface area (Å²) in [7, 11) is -1.69. The van der Waals surface area contributed by atoms with Crippen molar-refractivity contribution in [2.24, 2.45) is 0 Å². The van der Waals surface area contributed by atoms with Crippen LogP contribution in [0.2, 0.25) is 0 Å². The third-order valence-corrected chi connectivity index (χ3v) is 4.26. The van der Waals surface area contributed by atoms with Gasteiger partial charge in [0.05, 0.1) is 0 Å². The van der Waals surface area contributed by atoms with E-state index in [1.54, 1.807) is 7.05 Å². The van der Waals surface area contributed by atoms with Crippen molar-refractivity contribution in [1.29, 1.82) is 0 Å². The first-order valence-corrected chi connectivity index (χ1v) is 7.26. The molecule has 0 fully saturated rings. The Morgan fingerprint density at radius 2 is 1.93 bits per heavy atom. The fourth-order valence-electron chi connectivity index (χ4n) is 0.800. The van der Waals surface area contributed by atoms with E-state index in [4.69, 9.17) is 0 Å². The molecule has 0 amide bonds. The van der Waals surface area contributed by atoms with Crippen LogP contribution < -0.4 is 4.72 Å². The van der Waals surface area contributed by atoms with Gasteiger partial charge in [-0.25, -0.2) is 4.72 Å². The van der Waals surface area contributed by atoms with Crippen LogP contribution in [0.5, 0.6) is 0 Å². The Labute approximate surface area is 95.4 Å². The summed E-state index contributed by atoms with van der Waals surface area (Å²) in [4.78, 5) is 0. The van der Waals surface area contributed by atoms with Gasteiger partial charge in [-0.15, -0.1) is 0 Å². The fraction of sp³-hybridized carbons (Fsp3) is 1.00. The van der Waals surface area contributed by atoms with E-state index in [2.05, 4.69) is 20.7 Å². The molecule has 0 radical (unpaired) electrons. The van der Waals surface area contributed by atoms with Crippen LogP contribution in [0.3, 0.4) is 0 Å². The van der Waals surface area contributed by atoms with Crippen molar-refractivity contribution in [1.82, 2.24) is 9.03 Å². The third-order valence-electron chi connectivity index (χ3n) is 1.95. The molecular weight excluding hydrogens is 268 g/mol. The monoisotopic (exact) mass is 286 g/mol. The van der Waals surface area contributed by atoms with Gasteiger partial charge in [-0.05, 0) is 26.7 Å². The molecule has 0 aliphatic rings. The zero-order chi connectivity index (χ0) is 11.2. The lowest BCUT2D eigenvalue weighted by atomic mass is 10.3. The number of halogens is 1. The van der Waals surface area contributed by atoms with Gasteiger partial charge in [-0.3, -0.25) is 0 Å². The largest absolute Gasteiger partial charge is 0.279 e. The summed E-state index contributed by atoms with van der Waals surface area (Å²) in [5, 5.41) is 0.911. The Bertz CT molecular complexity index is 242. The summed E-state index contributed by atoms with van der Waals surface area (Å²) >= 11 is 3.29. The highest BCUT2D eigenvalue weighted by molar-refractivity contribution is 9.09. The van der Waals surface area contributed by atoms with E-state index < -0.39 is 10.2 Å². The molecule has 86 valence electrons. The van der Waals surface area contributed by atoms with E-state index in [0.717, 1.165) is 18.2 Å². The standard InChI is InChI=1S/C8H19BrN2O2S/c1-8(2)11(3)14(12,13)10-7-5-4-6-9/h8,10H,4-7H2,1-3H3. The van der Waals surface area contributed by atoms with Crippen LogP contribution in [0.15, 0.2) is 0 Å². The Morgan fingerprint density at radius 1 is 1.36 bits per heavy atom. The highest BCUT2D eigenvalue weighted by atomic mass is 79.9. The second kappa shape index (κ2) is 6.76. The molecule has 4 nitrogen and oxygen atoms in total. The van der Waals surface area contributed by atoms with Crippen LogP contribution in [-0.2, 0) is 10.2 Å². The van der Waals surface area contributed by atoms with Gasteiger partial charge < -0.3 is 0 Å². The summed E-state index contributed by atoms with van der Waals surface area (Å²) in [6.07, 6.45) is 1.84. The van der Waals surface area contributed by atoms with E-state index in [1.165, 1.54) is 4.31 Å². The summed E-state index contributed by atoms with van der Waals surface area (Å²) in [6.45, 7) is 4.19. The van der Waals surface area contributed by atoms with Crippen LogP contribution in [0.4, 0.5) is 0 Å². The van der Waals surface area contributed by atoms with Gasteiger partial charge in [0.25, 0.3) is 10.2 Å². The maximum Gasteiger partial charge on any atom is 0.279 e. The molecule has 0 saturated heterocycles. The topological polar surface area (TPSA) is 49.4 Å². The summed E-state index contributed by atoms with van der Waals surface area (Å²) in [5.74, 6) is 0. The normalized spacial score (nSPS) is 12.7. The summed E-state index contributed by atoms with van der Waals surface area (Å²) in [6, 6.07) is -0.0105. The van der Waals surface area contributed by atoms with Gasteiger partial charge in [0.2, 0.25) is 0 Å². The maximum absolute atomic E-state index is 11.5. The fourth-order valence-corrected chi connectivity index (χ4v) is 2.36. The number of nitrogens with one attached hydrogen (secondary N) is 1. The molecule has 0 bridgehead atoms. The van der Waals surface area contributed by atoms with Crippen molar-refractivity contribution in [3.63, 3.8) is 0 Å². The Hall–Kier alpha value is 0.350. The van der Waals surface area contributed by atoms with Gasteiger partial charge in [0, 0.05) is 25.0 Å². The molecule has 0 aromatic heterocycles. The van der Waals surface area contributed by atoms with E-state index in [1.807, 2.05) is 13.8 Å². The molecule has 14 heavy (non-hydrogen) atoms. The lowest BCUT2D eigenvalue weighted by molar-refractivity contribution is 0.402. The lowest BCUT2D eigenvalue weighted by Crippen LogP contribution is -2.42. The average Bonchev–Trinajstić information content (AvgIpc) is 2.11. The number of alkyl halides is 1. The molecule has 0 aliphatic heterocycles. The lowest BCUT2D eigenvalue weighted by Gasteiger charge is -2.21. The minimum atomic E-state index is -3.27. The number of rotatable bonds is 7. The van der Waals surface area contributed by atoms with Crippen molar-refractivity contribution in [3.05, 3.63) is 0 Å². The minimum Gasteiger partial charge on any atom is -0.202 e. The average molecular weight is 287 g/mol. The van der Waals surface area contributed by atoms with Crippen molar-refractivity contribution in [2.75, 3.05) is 18.9 Å². The van der Waals surface area contributed by atoms with Crippen LogP contribution in [0, 0.1) is 0 Å². The quantitative estimate of drug-likeness (QED) is 0.567. The second-order valence-electron chi connectivity index (χ2n) is 3.41. The van der Waals surface area contributed by atoms with Crippen molar-refractivity contribution < 1.29 is 8.42 Å². The maximum atomic E-state index is 11.5. The van der Waals surface area contributed by atoms with Crippen LogP contribution in [0.1, 0.15) is 26.7 Å². The minimum absolute atomic E-state index is 0.0105. The number of nitrogens with zero attached hydrogens (tertiary/aromatic N) is 1. The van der Waals surface area contributed by atoms with Crippen LogP contribution in [0.25, 0.3) is 0 Å². The molecule has 0 aliphatic carbocycles. The number of hydrogen-bond acceptors (Lipinski definition) is 2. The first kappa shape index (κ1) is 14.3. The zero-order valence-corrected chi connectivity index (χ0v) is 11.4. The van der Waals surface area contributed by atoms with Gasteiger partial charge in [-0.2, -0.15) is 12.7 Å². The molecule has 1 N–H and O–H groups in total. The highest BCUT2D eigenvalue weighted by Gasteiger charge is 2.18. The molecule has 0 aromatic carbocycles. The highest BCUT2D eigenvalue weighted by Crippen LogP contribution is 2.01. The van der Waals surface area contributed by atoms with Crippen molar-refractivity contribution in [2.45, 2.75) is 32.7 Å². The Balaban J connectivity index is 3.96. The van der Waals surface area contributed by atoms with Gasteiger partial charge >= 0.3 is 0 Å². The SMILES string of the molecule is CC(C)N(C)S(=O)(=O)NCCCCBr. The van der Waals surface area contributed by atoms with E-state index >= 15 is 0 Å². The predicted octanol–water partition coefficient (Wildman–Crippen LogP) is 1.34. The summed E-state index contributed by atoms with van der Waals surface area (Å²) < 4.78 is 27.0. The van der Waals surface area contributed by atoms with Crippen molar-refractivity contribution in [3.8, 4) is 0 Å². The molecule has 0 unspecified atom stereocenters. The molecule has 0 atom stereocenters. The Morgan fingerprint density at radius 3 is 2.36 bits per heavy atom. The van der Waals surface area contributed by atoms with E-state index in [-0.39, 0.29) is 6.04 Å². The molecule has 0 heterocycles. The second-order valence-corrected chi connectivity index (χ2v) is 6.01. The molecular formula is C8H19BrN2O2S. The third kappa shape index (κ3) is 5.29. The molecule has 0 spiro atoms. The van der Waals surface area contributed by atoms with Crippen LogP contribution in [-0.4, -0.2) is 37.7 Å². The van der Waals surface area contributed by atoms with Crippen LogP contribution >= 0.6 is 15.9 Å². The summed E-state index contributed by atoms with van der Waals surface area (Å²) in [5.41, 5.74) is 0. The molecule has 0 rings (SSSR count). The van der Waals surface area contributed by atoms with E-state index in [0.29, 0.717) is 6.54 Å². The molecule has 0 saturated carbocycles. The Kier molecular flexibility index (Phi) is 6.93. The van der Waals surface area contributed by atoms with Crippen molar-refractivity contribution >= 4 is 26.1 Å². The van der Waals surface area contributed by atoms with Gasteiger partial charge in [-0.1, -0.05) is 15.9 Å². The number of unbranched alkanes of at least 4 members (excludes halogenated alkanes) is 1. The smallest absolute Gasteiger partial charge is 0.202 e. The molecule has 6 heteroatoms. The predicted molar refractivity (Wildman–Crippen MR) is 62.8 cm³/mol. The van der Waals surface area contributed by atoms with Gasteiger partial charge in [0.15, 0.2) is 0 Å². The molecule has 0 aromatic rings. The van der Waals surface area contributed by atoms with Gasteiger partial charge in [0.1, 0.15) is 0 Å². The first-order chi connectivity index (χ1) is 6.41. The van der Waals surface area contributed by atoms with E-state index in [9.17, 15) is 8.42 Å². The number of hydrogen-bond donors (Lipinski definition) is 1. The zero-order valence-electron chi connectivity index (χ0n) is 8.96. The first-order valence-electron chi connectivity index (χ1n) is 4.70.